The van der Waals surface area contributed by atoms with Gasteiger partial charge in [0.15, 0.2) is 0 Å². The fourth-order valence-electron chi connectivity index (χ4n) is 7.09. The number of rotatable bonds is 8. The molecule has 0 spiro atoms. The molecule has 1 heterocycles. The summed E-state index contributed by atoms with van der Waals surface area (Å²) in [5.41, 5.74) is -2.82. The number of nitrogens with one attached hydrogen (secondary N) is 1. The molecule has 4 nitrogen and oxygen atoms in total. The fraction of sp³-hybridized carbons (Fsp3) is 0.472. The Morgan fingerprint density at radius 3 is 1.89 bits per heavy atom. The highest BCUT2D eigenvalue weighted by Crippen LogP contribution is 2.43. The molecule has 1 saturated heterocycles. The number of piperidine rings is 1. The third-order valence-electron chi connectivity index (χ3n) is 9.99. The Balaban J connectivity index is 1.27. The zero-order chi connectivity index (χ0) is 33.2. The Kier molecular flexibility index (Phi) is 9.89. The lowest BCUT2D eigenvalue weighted by Crippen LogP contribution is -2.53. The summed E-state index contributed by atoms with van der Waals surface area (Å²) in [6.07, 6.45) is -4.78. The van der Waals surface area contributed by atoms with E-state index < -0.39 is 46.4 Å². The highest BCUT2D eigenvalue weighted by molar-refractivity contribution is 5.88. The number of halogens is 6. The number of nitrogens with zero attached hydrogens (tertiary/aromatic N) is 1. The summed E-state index contributed by atoms with van der Waals surface area (Å²) < 4.78 is 81.0. The maximum absolute atomic E-state index is 14.0. The van der Waals surface area contributed by atoms with Crippen LogP contribution in [-0.4, -0.2) is 40.6 Å². The number of aryl methyl sites for hydroxylation is 1. The second-order valence-electron chi connectivity index (χ2n) is 13.0. The van der Waals surface area contributed by atoms with Crippen LogP contribution in [0.25, 0.3) is 0 Å². The fourth-order valence-corrected chi connectivity index (χ4v) is 7.09. The van der Waals surface area contributed by atoms with E-state index in [4.69, 9.17) is 0 Å². The lowest BCUT2D eigenvalue weighted by Gasteiger charge is -2.46. The lowest BCUT2D eigenvalue weighted by molar-refractivity contribution is -0.143. The third-order valence-corrected chi connectivity index (χ3v) is 9.99. The highest BCUT2D eigenvalue weighted by Gasteiger charge is 2.46. The lowest BCUT2D eigenvalue weighted by atomic mass is 9.67. The predicted octanol–water partition coefficient (Wildman–Crippen LogP) is 8.24. The van der Waals surface area contributed by atoms with Crippen molar-refractivity contribution in [1.82, 2.24) is 10.2 Å². The molecular formula is C36H40F6N2O2. The minimum absolute atomic E-state index is 0.0928. The summed E-state index contributed by atoms with van der Waals surface area (Å²) >= 11 is 0. The standard InChI is InChI=1S/C36H40F6N2O2/c1-25(27-22-29(35(37,38)39)24-30(23-27)36(40,41)42)43-32(45)34(28-10-6-3-7-11-28)16-13-31(14-17-34)44-20-18-33(46,19-21-44)15-12-26-8-4-2-5-9-26/h2-11,22-25,31,46H,12-21H2,1H3,(H,43,45)/t25?,31-,34-. The highest BCUT2D eigenvalue weighted by atomic mass is 19.4. The average Bonchev–Trinajstić information content (AvgIpc) is 3.04. The average molecular weight is 647 g/mol. The van der Waals surface area contributed by atoms with Gasteiger partial charge in [-0.15, -0.1) is 0 Å². The molecule has 0 bridgehead atoms. The number of carbonyl (C=O) groups excluding carboxylic acids is 1. The van der Waals surface area contributed by atoms with Crippen LogP contribution in [0.3, 0.4) is 0 Å². The van der Waals surface area contributed by atoms with Gasteiger partial charge in [0.2, 0.25) is 5.91 Å². The number of benzene rings is 3. The Labute approximate surface area is 265 Å². The van der Waals surface area contributed by atoms with Crippen molar-refractivity contribution in [2.45, 2.75) is 93.7 Å². The molecule has 3 aromatic rings. The zero-order valence-electron chi connectivity index (χ0n) is 25.8. The summed E-state index contributed by atoms with van der Waals surface area (Å²) in [7, 11) is 0. The molecule has 10 heteroatoms. The molecular weight excluding hydrogens is 606 g/mol. The molecule has 1 atom stereocenters. The number of hydrogen-bond donors (Lipinski definition) is 2. The van der Waals surface area contributed by atoms with Gasteiger partial charge in [-0.1, -0.05) is 60.7 Å². The molecule has 1 unspecified atom stereocenters. The van der Waals surface area contributed by atoms with Crippen molar-refractivity contribution < 1.29 is 36.2 Å². The summed E-state index contributed by atoms with van der Waals surface area (Å²) in [6, 6.07) is 19.8. The predicted molar refractivity (Wildman–Crippen MR) is 164 cm³/mol. The van der Waals surface area contributed by atoms with E-state index in [1.165, 1.54) is 12.5 Å². The van der Waals surface area contributed by atoms with Crippen LogP contribution in [0.5, 0.6) is 0 Å². The van der Waals surface area contributed by atoms with E-state index in [1.807, 2.05) is 48.5 Å². The van der Waals surface area contributed by atoms with E-state index in [1.54, 1.807) is 0 Å². The molecule has 5 rings (SSSR count). The van der Waals surface area contributed by atoms with E-state index in [0.717, 1.165) is 25.1 Å². The van der Waals surface area contributed by atoms with E-state index in [-0.39, 0.29) is 17.7 Å². The van der Waals surface area contributed by atoms with Crippen LogP contribution in [0.1, 0.15) is 85.7 Å². The van der Waals surface area contributed by atoms with Crippen molar-refractivity contribution in [2.24, 2.45) is 0 Å². The van der Waals surface area contributed by atoms with Crippen molar-refractivity contribution in [1.29, 1.82) is 0 Å². The summed E-state index contributed by atoms with van der Waals surface area (Å²) in [4.78, 5) is 16.4. The van der Waals surface area contributed by atoms with E-state index in [0.29, 0.717) is 57.1 Å². The largest absolute Gasteiger partial charge is 0.416 e. The zero-order valence-corrected chi connectivity index (χ0v) is 25.8. The molecule has 1 aliphatic carbocycles. The molecule has 1 aliphatic heterocycles. The van der Waals surface area contributed by atoms with Crippen LogP contribution < -0.4 is 5.32 Å². The normalized spacial score (nSPS) is 23.1. The van der Waals surface area contributed by atoms with Crippen molar-refractivity contribution >= 4 is 5.91 Å². The smallest absolute Gasteiger partial charge is 0.390 e. The summed E-state index contributed by atoms with van der Waals surface area (Å²) in [5, 5.41) is 14.0. The second-order valence-corrected chi connectivity index (χ2v) is 13.0. The van der Waals surface area contributed by atoms with Crippen molar-refractivity contribution in [3.05, 3.63) is 107 Å². The molecule has 0 radical (unpaired) electrons. The molecule has 1 amide bonds. The number of hydrogen-bond acceptors (Lipinski definition) is 3. The van der Waals surface area contributed by atoms with Gasteiger partial charge in [-0.25, -0.2) is 0 Å². The molecule has 0 aromatic heterocycles. The minimum Gasteiger partial charge on any atom is -0.390 e. The minimum atomic E-state index is -4.98. The van der Waals surface area contributed by atoms with E-state index in [9.17, 15) is 36.2 Å². The first kappa shape index (κ1) is 34.0. The summed E-state index contributed by atoms with van der Waals surface area (Å²) in [5.74, 6) is -0.412. The van der Waals surface area contributed by atoms with Gasteiger partial charge in [0.1, 0.15) is 0 Å². The topological polar surface area (TPSA) is 52.6 Å². The molecule has 2 N–H and O–H groups in total. The molecule has 248 valence electrons. The Morgan fingerprint density at radius 1 is 0.848 bits per heavy atom. The van der Waals surface area contributed by atoms with Gasteiger partial charge in [0.25, 0.3) is 0 Å². The number of aliphatic hydroxyl groups is 1. The number of carbonyl (C=O) groups is 1. The number of alkyl halides is 6. The maximum atomic E-state index is 14.0. The van der Waals surface area contributed by atoms with Crippen LogP contribution in [0.2, 0.25) is 0 Å². The monoisotopic (exact) mass is 646 g/mol. The van der Waals surface area contributed by atoms with Crippen LogP contribution >= 0.6 is 0 Å². The number of likely N-dealkylation sites (tertiary alicyclic amines) is 1. The molecule has 46 heavy (non-hydrogen) atoms. The first-order valence-electron chi connectivity index (χ1n) is 15.8. The Morgan fingerprint density at radius 2 is 1.37 bits per heavy atom. The van der Waals surface area contributed by atoms with E-state index in [2.05, 4.69) is 22.3 Å². The van der Waals surface area contributed by atoms with E-state index >= 15 is 0 Å². The Hall–Kier alpha value is -3.37. The first-order chi connectivity index (χ1) is 21.7. The van der Waals surface area contributed by atoms with Crippen molar-refractivity contribution in [3.8, 4) is 0 Å². The third kappa shape index (κ3) is 7.77. The number of amides is 1. The van der Waals surface area contributed by atoms with Crippen molar-refractivity contribution in [2.75, 3.05) is 13.1 Å². The SMILES string of the molecule is CC(NC(=O)[C@]1(c2ccccc2)CC[C@@H](N2CCC(O)(CCc3ccccc3)CC2)CC1)c1cc(C(F)(F)F)cc(C(F)(F)F)c1. The van der Waals surface area contributed by atoms with Gasteiger partial charge >= 0.3 is 12.4 Å². The molecule has 3 aromatic carbocycles. The van der Waals surface area contributed by atoms with Gasteiger partial charge in [-0.05, 0) is 93.2 Å². The van der Waals surface area contributed by atoms with Gasteiger partial charge < -0.3 is 15.3 Å². The molecule has 2 fully saturated rings. The van der Waals surface area contributed by atoms with Crippen LogP contribution in [-0.2, 0) is 29.0 Å². The maximum Gasteiger partial charge on any atom is 0.416 e. The van der Waals surface area contributed by atoms with Crippen LogP contribution in [0.4, 0.5) is 26.3 Å². The molecule has 1 saturated carbocycles. The quantitative estimate of drug-likeness (QED) is 0.243. The second kappa shape index (κ2) is 13.4. The van der Waals surface area contributed by atoms with Crippen LogP contribution in [0.15, 0.2) is 78.9 Å². The van der Waals surface area contributed by atoms with Gasteiger partial charge in [-0.2, -0.15) is 26.3 Å². The Bertz CT molecular complexity index is 1430. The van der Waals surface area contributed by atoms with Gasteiger partial charge in [-0.3, -0.25) is 4.79 Å². The summed E-state index contributed by atoms with van der Waals surface area (Å²) in [6.45, 7) is 2.90. The first-order valence-corrected chi connectivity index (χ1v) is 15.8. The van der Waals surface area contributed by atoms with Gasteiger partial charge in [0.05, 0.1) is 28.2 Å². The van der Waals surface area contributed by atoms with Crippen LogP contribution in [0, 0.1) is 0 Å². The van der Waals surface area contributed by atoms with Gasteiger partial charge in [0, 0.05) is 19.1 Å². The van der Waals surface area contributed by atoms with Crippen molar-refractivity contribution in [3.63, 3.8) is 0 Å². The molecule has 2 aliphatic rings.